The highest BCUT2D eigenvalue weighted by Gasteiger charge is 2.08. The van der Waals surface area contributed by atoms with E-state index in [0.29, 0.717) is 12.5 Å². The second kappa shape index (κ2) is 4.93. The van der Waals surface area contributed by atoms with Crippen molar-refractivity contribution in [3.05, 3.63) is 42.0 Å². The van der Waals surface area contributed by atoms with Gasteiger partial charge in [-0.2, -0.15) is 5.21 Å². The Balaban J connectivity index is 1.99. The zero-order valence-corrected chi connectivity index (χ0v) is 10.4. The molecule has 0 amide bonds. The highest BCUT2D eigenvalue weighted by atomic mass is 16.5. The van der Waals surface area contributed by atoms with Crippen LogP contribution in [0.1, 0.15) is 5.56 Å². The lowest BCUT2D eigenvalue weighted by atomic mass is 10.0. The number of tetrazole rings is 1. The number of aromatic amines is 1. The number of nitrogens with zero attached hydrogens (tertiary/aromatic N) is 3. The summed E-state index contributed by atoms with van der Waals surface area (Å²) < 4.78 is 5.42. The van der Waals surface area contributed by atoms with Crippen molar-refractivity contribution in [2.75, 3.05) is 12.4 Å². The van der Waals surface area contributed by atoms with Crippen molar-refractivity contribution >= 4 is 16.7 Å². The van der Waals surface area contributed by atoms with Gasteiger partial charge in [0.05, 0.1) is 7.11 Å². The number of aromatic nitrogens is 4. The van der Waals surface area contributed by atoms with Gasteiger partial charge in [-0.05, 0) is 22.1 Å². The van der Waals surface area contributed by atoms with Gasteiger partial charge in [0, 0.05) is 12.1 Å². The molecule has 96 valence electrons. The van der Waals surface area contributed by atoms with Crippen LogP contribution in [0.5, 0.6) is 5.75 Å². The Kier molecular flexibility index (Phi) is 2.97. The van der Waals surface area contributed by atoms with Crippen LogP contribution in [-0.4, -0.2) is 27.7 Å². The van der Waals surface area contributed by atoms with E-state index < -0.39 is 0 Å². The molecule has 0 aliphatic rings. The number of methoxy groups -OCH3 is 1. The van der Waals surface area contributed by atoms with Crippen LogP contribution in [0.15, 0.2) is 36.4 Å². The zero-order valence-electron chi connectivity index (χ0n) is 10.4. The van der Waals surface area contributed by atoms with E-state index in [9.17, 15) is 0 Å². The minimum Gasteiger partial charge on any atom is -0.496 e. The molecule has 0 aliphatic heterocycles. The molecular formula is C13H13N5O. The van der Waals surface area contributed by atoms with Gasteiger partial charge in [-0.25, -0.2) is 0 Å². The fourth-order valence-electron chi connectivity index (χ4n) is 2.09. The molecule has 0 radical (unpaired) electrons. The number of anilines is 1. The predicted molar refractivity (Wildman–Crippen MR) is 72.0 cm³/mol. The molecule has 3 aromatic rings. The molecule has 0 unspecified atom stereocenters. The van der Waals surface area contributed by atoms with E-state index in [4.69, 9.17) is 4.74 Å². The van der Waals surface area contributed by atoms with E-state index in [0.717, 1.165) is 16.7 Å². The zero-order chi connectivity index (χ0) is 13.1. The maximum absolute atomic E-state index is 5.42. The average molecular weight is 255 g/mol. The van der Waals surface area contributed by atoms with Crippen LogP contribution in [0.2, 0.25) is 0 Å². The summed E-state index contributed by atoms with van der Waals surface area (Å²) in [6.45, 7) is 0.573. The summed E-state index contributed by atoms with van der Waals surface area (Å²) in [5, 5.41) is 19.1. The third-order valence-corrected chi connectivity index (χ3v) is 2.99. The topological polar surface area (TPSA) is 75.7 Å². The summed E-state index contributed by atoms with van der Waals surface area (Å²) in [5.41, 5.74) is 1.07. The summed E-state index contributed by atoms with van der Waals surface area (Å²) in [6.07, 6.45) is 0. The maximum atomic E-state index is 5.42. The Morgan fingerprint density at radius 1 is 1.21 bits per heavy atom. The van der Waals surface area contributed by atoms with Crippen LogP contribution >= 0.6 is 0 Å². The van der Waals surface area contributed by atoms with Gasteiger partial charge in [0.1, 0.15) is 5.75 Å². The predicted octanol–water partition coefficient (Wildman–Crippen LogP) is 1.97. The van der Waals surface area contributed by atoms with Gasteiger partial charge in [-0.15, -0.1) is 5.10 Å². The smallest absolute Gasteiger partial charge is 0.263 e. The second-order valence-corrected chi connectivity index (χ2v) is 4.06. The third-order valence-electron chi connectivity index (χ3n) is 2.99. The Bertz CT molecular complexity index is 681. The fourth-order valence-corrected chi connectivity index (χ4v) is 2.09. The molecule has 0 bridgehead atoms. The molecular weight excluding hydrogens is 242 g/mol. The quantitative estimate of drug-likeness (QED) is 0.745. The molecule has 2 aromatic carbocycles. The number of fused-ring (bicyclic) bond motifs is 1. The summed E-state index contributed by atoms with van der Waals surface area (Å²) >= 11 is 0. The van der Waals surface area contributed by atoms with E-state index in [1.807, 2.05) is 24.3 Å². The monoisotopic (exact) mass is 255 g/mol. The van der Waals surface area contributed by atoms with Gasteiger partial charge in [-0.3, -0.25) is 0 Å². The molecule has 6 heteroatoms. The first-order valence-electron chi connectivity index (χ1n) is 5.90. The van der Waals surface area contributed by atoms with Gasteiger partial charge in [0.25, 0.3) is 5.95 Å². The maximum Gasteiger partial charge on any atom is 0.263 e. The van der Waals surface area contributed by atoms with Gasteiger partial charge in [0.15, 0.2) is 0 Å². The first-order chi connectivity index (χ1) is 9.38. The molecule has 1 aromatic heterocycles. The SMILES string of the molecule is COc1ccc2ccccc2c1CNc1nn[nH]n1. The Morgan fingerprint density at radius 2 is 2.11 bits per heavy atom. The van der Waals surface area contributed by atoms with Gasteiger partial charge >= 0.3 is 0 Å². The molecule has 6 nitrogen and oxygen atoms in total. The third kappa shape index (κ3) is 2.20. The molecule has 0 atom stereocenters. The largest absolute Gasteiger partial charge is 0.496 e. The van der Waals surface area contributed by atoms with Crippen LogP contribution in [0.4, 0.5) is 5.95 Å². The van der Waals surface area contributed by atoms with E-state index in [1.54, 1.807) is 7.11 Å². The van der Waals surface area contributed by atoms with Crippen molar-refractivity contribution in [3.63, 3.8) is 0 Å². The summed E-state index contributed by atoms with van der Waals surface area (Å²) in [4.78, 5) is 0. The molecule has 0 spiro atoms. The van der Waals surface area contributed by atoms with Crippen LogP contribution < -0.4 is 10.1 Å². The van der Waals surface area contributed by atoms with Crippen LogP contribution in [0.25, 0.3) is 10.8 Å². The van der Waals surface area contributed by atoms with Crippen molar-refractivity contribution in [3.8, 4) is 5.75 Å². The molecule has 2 N–H and O–H groups in total. The summed E-state index contributed by atoms with van der Waals surface area (Å²) in [6, 6.07) is 12.2. The van der Waals surface area contributed by atoms with Crippen LogP contribution in [-0.2, 0) is 6.54 Å². The van der Waals surface area contributed by atoms with Crippen molar-refractivity contribution in [1.82, 2.24) is 20.6 Å². The Labute approximate surface area is 109 Å². The van der Waals surface area contributed by atoms with Gasteiger partial charge < -0.3 is 10.1 Å². The number of hydrogen-bond acceptors (Lipinski definition) is 5. The minimum absolute atomic E-state index is 0.468. The summed E-state index contributed by atoms with van der Waals surface area (Å²) in [7, 11) is 1.67. The number of nitrogens with one attached hydrogen (secondary N) is 2. The molecule has 3 rings (SSSR count). The molecule has 0 saturated carbocycles. The van der Waals surface area contributed by atoms with Crippen molar-refractivity contribution < 1.29 is 4.74 Å². The number of H-pyrrole nitrogens is 1. The molecule has 0 aliphatic carbocycles. The summed E-state index contributed by atoms with van der Waals surface area (Å²) in [5.74, 6) is 1.31. The van der Waals surface area contributed by atoms with Gasteiger partial charge in [-0.1, -0.05) is 35.4 Å². The number of rotatable bonds is 4. The lowest BCUT2D eigenvalue weighted by molar-refractivity contribution is 0.411. The minimum atomic E-state index is 0.468. The Morgan fingerprint density at radius 3 is 2.89 bits per heavy atom. The Hall–Kier alpha value is -2.63. The molecule has 1 heterocycles. The number of benzene rings is 2. The average Bonchev–Trinajstić information content (AvgIpc) is 2.97. The molecule has 0 saturated heterocycles. The highest BCUT2D eigenvalue weighted by Crippen LogP contribution is 2.28. The van der Waals surface area contributed by atoms with E-state index in [1.165, 1.54) is 5.39 Å². The lowest BCUT2D eigenvalue weighted by Crippen LogP contribution is -2.04. The standard InChI is InChI=1S/C13H13N5O/c1-19-12-7-6-9-4-2-3-5-10(9)11(12)8-14-13-15-17-18-16-13/h2-7H,8H2,1H3,(H2,14,15,16,17,18). The second-order valence-electron chi connectivity index (χ2n) is 4.06. The fraction of sp³-hybridized carbons (Fsp3) is 0.154. The van der Waals surface area contributed by atoms with E-state index in [2.05, 4.69) is 38.1 Å². The van der Waals surface area contributed by atoms with Crippen molar-refractivity contribution in [2.24, 2.45) is 0 Å². The van der Waals surface area contributed by atoms with Crippen molar-refractivity contribution in [2.45, 2.75) is 6.54 Å². The van der Waals surface area contributed by atoms with Crippen LogP contribution in [0, 0.1) is 0 Å². The van der Waals surface area contributed by atoms with Crippen molar-refractivity contribution in [1.29, 1.82) is 0 Å². The van der Waals surface area contributed by atoms with Gasteiger partial charge in [0.2, 0.25) is 0 Å². The number of ether oxygens (including phenoxy) is 1. The highest BCUT2D eigenvalue weighted by molar-refractivity contribution is 5.87. The van der Waals surface area contributed by atoms with Crippen LogP contribution in [0.3, 0.4) is 0 Å². The molecule has 0 fully saturated rings. The first-order valence-corrected chi connectivity index (χ1v) is 5.90. The van der Waals surface area contributed by atoms with E-state index in [-0.39, 0.29) is 0 Å². The van der Waals surface area contributed by atoms with E-state index >= 15 is 0 Å². The lowest BCUT2D eigenvalue weighted by Gasteiger charge is -2.12. The molecule has 19 heavy (non-hydrogen) atoms. The first kappa shape index (κ1) is 11.5. The normalized spacial score (nSPS) is 10.6. The number of hydrogen-bond donors (Lipinski definition) is 2.